The summed E-state index contributed by atoms with van der Waals surface area (Å²) in [5.74, 6) is 5.45. The van der Waals surface area contributed by atoms with E-state index in [0.29, 0.717) is 5.75 Å². The minimum absolute atomic E-state index is 0.0999. The van der Waals surface area contributed by atoms with Crippen LogP contribution < -0.4 is 15.3 Å². The molecule has 0 bridgehead atoms. The Balaban J connectivity index is 2.54. The van der Waals surface area contributed by atoms with Gasteiger partial charge in [0.15, 0.2) is 5.50 Å². The van der Waals surface area contributed by atoms with Crippen LogP contribution in [0.3, 0.4) is 0 Å². The molecule has 0 saturated heterocycles. The van der Waals surface area contributed by atoms with Crippen LogP contribution in [0.1, 0.15) is 18.9 Å². The van der Waals surface area contributed by atoms with Gasteiger partial charge >= 0.3 is 11.7 Å². The minimum atomic E-state index is -0.765. The number of allylic oxidation sites excluding steroid dienone is 1. The largest absolute Gasteiger partial charge is 0.497 e. The van der Waals surface area contributed by atoms with Crippen LogP contribution in [0.5, 0.6) is 11.5 Å². The number of carbonyl (C=O) groups excluding carboxylic acids is 1. The van der Waals surface area contributed by atoms with Crippen LogP contribution in [0.2, 0.25) is 0 Å². The van der Waals surface area contributed by atoms with Crippen molar-refractivity contribution in [2.24, 2.45) is 10.8 Å². The van der Waals surface area contributed by atoms with Gasteiger partial charge in [0.05, 0.1) is 36.7 Å². The lowest BCUT2D eigenvalue weighted by atomic mass is 10.2. The number of hydrogen-bond acceptors (Lipinski definition) is 11. The van der Waals surface area contributed by atoms with Crippen LogP contribution in [-0.2, 0) is 9.53 Å². The van der Waals surface area contributed by atoms with E-state index in [1.807, 2.05) is 6.07 Å². The van der Waals surface area contributed by atoms with Crippen molar-refractivity contribution in [3.05, 3.63) is 45.5 Å². The lowest BCUT2D eigenvalue weighted by Gasteiger charge is -2.30. The fraction of sp³-hybridized carbons (Fsp3) is 0.353. The van der Waals surface area contributed by atoms with Gasteiger partial charge in [0.2, 0.25) is 0 Å². The lowest BCUT2D eigenvalue weighted by molar-refractivity contribution is -0.419. The first-order valence-corrected chi connectivity index (χ1v) is 9.58. The summed E-state index contributed by atoms with van der Waals surface area (Å²) in [7, 11) is 1.41. The molecular formula is C17H19N5O6S. The number of nitro groups is 1. The molecule has 1 unspecified atom stereocenters. The molecule has 0 aliphatic carbocycles. The number of hydrazine groups is 1. The lowest BCUT2D eigenvalue weighted by Crippen LogP contribution is -2.45. The molecular weight excluding hydrogens is 402 g/mol. The Kier molecular flexibility index (Phi) is 7.40. The first-order valence-electron chi connectivity index (χ1n) is 8.29. The third-order valence-corrected chi connectivity index (χ3v) is 4.44. The van der Waals surface area contributed by atoms with Crippen molar-refractivity contribution in [2.75, 3.05) is 20.0 Å². The maximum atomic E-state index is 11.9. The fourth-order valence-electron chi connectivity index (χ4n) is 2.46. The molecule has 154 valence electrons. The first kappa shape index (κ1) is 22.0. The molecule has 1 aliphatic rings. The van der Waals surface area contributed by atoms with Crippen LogP contribution in [0.25, 0.3) is 0 Å². The Morgan fingerprint density at radius 1 is 1.45 bits per heavy atom. The molecule has 1 aromatic rings. The number of carbonyl (C=O) groups is 1. The Hall–Kier alpha value is -3.30. The van der Waals surface area contributed by atoms with Crippen molar-refractivity contribution in [1.82, 2.24) is 5.01 Å². The smallest absolute Gasteiger partial charge is 0.352 e. The second-order valence-electron chi connectivity index (χ2n) is 5.55. The van der Waals surface area contributed by atoms with Gasteiger partial charge in [-0.2, -0.15) is 5.26 Å². The molecule has 2 N–H and O–H groups in total. The standard InChI is InChI=1S/C17H19N5O6S/c1-4-27-14(23)8-13-15(22(24)25)16(21(19)17(20-13)29-3)28-12-6-10(9-18)5-11(7-12)26-2/h5-7,17H,4,8,19H2,1-3H3. The van der Waals surface area contributed by atoms with E-state index >= 15 is 0 Å². The summed E-state index contributed by atoms with van der Waals surface area (Å²) in [5, 5.41) is 21.9. The van der Waals surface area contributed by atoms with Crippen LogP contribution in [0, 0.1) is 21.4 Å². The van der Waals surface area contributed by atoms with Gasteiger partial charge in [-0.25, -0.2) is 15.8 Å². The molecule has 0 aromatic heterocycles. The number of nitriles is 1. The van der Waals surface area contributed by atoms with Crippen molar-refractivity contribution in [3.63, 3.8) is 0 Å². The summed E-state index contributed by atoms with van der Waals surface area (Å²) < 4.78 is 15.7. The average molecular weight is 421 g/mol. The Labute approximate surface area is 170 Å². The van der Waals surface area contributed by atoms with Gasteiger partial charge in [-0.3, -0.25) is 14.9 Å². The number of hydrogen-bond donors (Lipinski definition) is 1. The van der Waals surface area contributed by atoms with Gasteiger partial charge < -0.3 is 14.2 Å². The number of methoxy groups -OCH3 is 1. The average Bonchev–Trinajstić information content (AvgIpc) is 2.69. The van der Waals surface area contributed by atoms with Crippen molar-refractivity contribution in [1.29, 1.82) is 5.26 Å². The SMILES string of the molecule is CCOC(=O)CC1=NC(SC)N(N)C(Oc2cc(C#N)cc(OC)c2)=C1[N+](=O)[O-]. The summed E-state index contributed by atoms with van der Waals surface area (Å²) in [6.07, 6.45) is 1.29. The molecule has 11 nitrogen and oxygen atoms in total. The molecule has 12 heteroatoms. The maximum absolute atomic E-state index is 11.9. The van der Waals surface area contributed by atoms with E-state index in [-0.39, 0.29) is 29.5 Å². The van der Waals surface area contributed by atoms with E-state index in [9.17, 15) is 14.9 Å². The van der Waals surface area contributed by atoms with Crippen molar-refractivity contribution in [3.8, 4) is 17.6 Å². The predicted octanol–water partition coefficient (Wildman–Crippen LogP) is 1.62. The first-order chi connectivity index (χ1) is 13.8. The predicted molar refractivity (Wildman–Crippen MR) is 104 cm³/mol. The van der Waals surface area contributed by atoms with Crippen molar-refractivity contribution in [2.45, 2.75) is 18.8 Å². The van der Waals surface area contributed by atoms with E-state index < -0.39 is 28.5 Å². The second-order valence-corrected chi connectivity index (χ2v) is 6.44. The maximum Gasteiger partial charge on any atom is 0.352 e. The highest BCUT2D eigenvalue weighted by atomic mass is 32.2. The zero-order chi connectivity index (χ0) is 21.6. The molecule has 1 aliphatic heterocycles. The molecule has 0 fully saturated rings. The Bertz CT molecular complexity index is 910. The van der Waals surface area contributed by atoms with Crippen molar-refractivity contribution < 1.29 is 23.9 Å². The monoisotopic (exact) mass is 421 g/mol. The normalized spacial score (nSPS) is 16.0. The molecule has 29 heavy (non-hydrogen) atoms. The van der Waals surface area contributed by atoms with Crippen LogP contribution in [-0.4, -0.2) is 47.1 Å². The minimum Gasteiger partial charge on any atom is -0.497 e. The number of esters is 1. The van der Waals surface area contributed by atoms with E-state index in [1.165, 1.54) is 37.1 Å². The van der Waals surface area contributed by atoms with Gasteiger partial charge in [-0.05, 0) is 25.3 Å². The molecule has 2 rings (SSSR count). The van der Waals surface area contributed by atoms with Crippen LogP contribution in [0.4, 0.5) is 0 Å². The number of rotatable bonds is 8. The zero-order valence-electron chi connectivity index (χ0n) is 15.9. The second kappa shape index (κ2) is 9.76. The van der Waals surface area contributed by atoms with E-state index in [4.69, 9.17) is 25.3 Å². The fourth-order valence-corrected chi connectivity index (χ4v) is 3.01. The van der Waals surface area contributed by atoms with E-state index in [1.54, 1.807) is 13.2 Å². The highest BCUT2D eigenvalue weighted by Crippen LogP contribution is 2.30. The van der Waals surface area contributed by atoms with Crippen LogP contribution >= 0.6 is 11.8 Å². The third kappa shape index (κ3) is 5.15. The van der Waals surface area contributed by atoms with Gasteiger partial charge in [0.1, 0.15) is 17.2 Å². The van der Waals surface area contributed by atoms with Gasteiger partial charge in [-0.15, -0.1) is 11.8 Å². The highest BCUT2D eigenvalue weighted by molar-refractivity contribution is 7.99. The van der Waals surface area contributed by atoms with Crippen LogP contribution in [0.15, 0.2) is 34.8 Å². The zero-order valence-corrected chi connectivity index (χ0v) is 16.8. The topological polar surface area (TPSA) is 153 Å². The molecule has 0 radical (unpaired) electrons. The number of nitrogens with two attached hydrogens (primary N) is 1. The molecule has 1 atom stereocenters. The summed E-state index contributed by atoms with van der Waals surface area (Å²) >= 11 is 1.19. The van der Waals surface area contributed by atoms with Gasteiger partial charge in [0.25, 0.3) is 5.88 Å². The summed E-state index contributed by atoms with van der Waals surface area (Å²) in [6.45, 7) is 1.75. The number of aliphatic imine (C=N–C) groups is 1. The molecule has 0 amide bonds. The Morgan fingerprint density at radius 3 is 2.69 bits per heavy atom. The van der Waals surface area contributed by atoms with Gasteiger partial charge in [-0.1, -0.05) is 0 Å². The number of benzene rings is 1. The summed E-state index contributed by atoms with van der Waals surface area (Å²) in [4.78, 5) is 27.1. The van der Waals surface area contributed by atoms with Gasteiger partial charge in [0, 0.05) is 6.07 Å². The summed E-state index contributed by atoms with van der Waals surface area (Å²) in [6, 6.07) is 6.26. The quantitative estimate of drug-likeness (QED) is 0.283. The van der Waals surface area contributed by atoms with E-state index in [0.717, 1.165) is 5.01 Å². The number of thioether (sulfide) groups is 1. The number of nitrogens with zero attached hydrogens (tertiary/aromatic N) is 4. The number of ether oxygens (including phenoxy) is 3. The van der Waals surface area contributed by atoms with Crippen molar-refractivity contribution >= 4 is 23.4 Å². The third-order valence-electron chi connectivity index (χ3n) is 3.68. The molecule has 0 saturated carbocycles. The van der Waals surface area contributed by atoms with E-state index in [2.05, 4.69) is 4.99 Å². The molecule has 0 spiro atoms. The highest BCUT2D eigenvalue weighted by Gasteiger charge is 2.39. The molecule has 1 heterocycles. The summed E-state index contributed by atoms with van der Waals surface area (Å²) in [5.41, 5.74) is -1.22. The molecule has 1 aromatic carbocycles. The Morgan fingerprint density at radius 2 is 2.14 bits per heavy atom.